The molecule has 2 heterocycles. The Balaban J connectivity index is 2.26. The SMILES string of the molecule is COc1ccc(=O)n(Cc2cc(C(C)(C)C)on2)n1. The van der Waals surface area contributed by atoms with E-state index in [0.717, 1.165) is 5.76 Å². The average Bonchev–Trinajstić information content (AvgIpc) is 2.80. The largest absolute Gasteiger partial charge is 0.480 e. The first-order valence-corrected chi connectivity index (χ1v) is 5.98. The summed E-state index contributed by atoms with van der Waals surface area (Å²) in [7, 11) is 1.50. The van der Waals surface area contributed by atoms with E-state index in [1.54, 1.807) is 0 Å². The van der Waals surface area contributed by atoms with Crippen LogP contribution in [0.15, 0.2) is 27.5 Å². The molecule has 0 fully saturated rings. The molecule has 102 valence electrons. The van der Waals surface area contributed by atoms with Crippen molar-refractivity contribution < 1.29 is 9.26 Å². The van der Waals surface area contributed by atoms with Gasteiger partial charge in [-0.05, 0) is 0 Å². The van der Waals surface area contributed by atoms with E-state index >= 15 is 0 Å². The van der Waals surface area contributed by atoms with Gasteiger partial charge in [0.25, 0.3) is 5.56 Å². The molecule has 0 aromatic carbocycles. The Morgan fingerprint density at radius 2 is 2.11 bits per heavy atom. The summed E-state index contributed by atoms with van der Waals surface area (Å²) in [4.78, 5) is 11.7. The lowest BCUT2D eigenvalue weighted by atomic mass is 9.93. The third kappa shape index (κ3) is 3.01. The van der Waals surface area contributed by atoms with Crippen molar-refractivity contribution >= 4 is 0 Å². The van der Waals surface area contributed by atoms with E-state index in [0.29, 0.717) is 11.6 Å². The maximum absolute atomic E-state index is 11.7. The highest BCUT2D eigenvalue weighted by Crippen LogP contribution is 2.22. The van der Waals surface area contributed by atoms with E-state index in [9.17, 15) is 4.79 Å². The van der Waals surface area contributed by atoms with Gasteiger partial charge in [0.2, 0.25) is 5.88 Å². The molecule has 0 aliphatic carbocycles. The number of hydrogen-bond acceptors (Lipinski definition) is 5. The highest BCUT2D eigenvalue weighted by Gasteiger charge is 2.19. The lowest BCUT2D eigenvalue weighted by Crippen LogP contribution is -2.22. The van der Waals surface area contributed by atoms with Crippen LogP contribution in [0.2, 0.25) is 0 Å². The zero-order valence-electron chi connectivity index (χ0n) is 11.5. The molecule has 0 atom stereocenters. The molecule has 0 amide bonds. The molecule has 0 N–H and O–H groups in total. The molecule has 0 spiro atoms. The van der Waals surface area contributed by atoms with Crippen LogP contribution in [0.5, 0.6) is 5.88 Å². The molecule has 0 saturated carbocycles. The fourth-order valence-corrected chi connectivity index (χ4v) is 1.55. The molecule has 6 nitrogen and oxygen atoms in total. The second-order valence-electron chi connectivity index (χ2n) is 5.30. The smallest absolute Gasteiger partial charge is 0.267 e. The van der Waals surface area contributed by atoms with Crippen LogP contribution in [0, 0.1) is 0 Å². The quantitative estimate of drug-likeness (QED) is 0.841. The zero-order valence-corrected chi connectivity index (χ0v) is 11.5. The maximum atomic E-state index is 11.7. The maximum Gasteiger partial charge on any atom is 0.267 e. The van der Waals surface area contributed by atoms with Crippen molar-refractivity contribution in [3.05, 3.63) is 40.0 Å². The number of hydrogen-bond donors (Lipinski definition) is 0. The molecule has 19 heavy (non-hydrogen) atoms. The first-order chi connectivity index (χ1) is 8.90. The Morgan fingerprint density at radius 3 is 2.68 bits per heavy atom. The third-order valence-electron chi connectivity index (χ3n) is 2.66. The molecule has 0 saturated heterocycles. The van der Waals surface area contributed by atoms with Crippen molar-refractivity contribution in [1.82, 2.24) is 14.9 Å². The van der Waals surface area contributed by atoms with Crippen LogP contribution in [-0.2, 0) is 12.0 Å². The zero-order chi connectivity index (χ0) is 14.0. The van der Waals surface area contributed by atoms with Crippen molar-refractivity contribution in [2.45, 2.75) is 32.7 Å². The van der Waals surface area contributed by atoms with Crippen LogP contribution in [-0.4, -0.2) is 22.0 Å². The number of nitrogens with zero attached hydrogens (tertiary/aromatic N) is 3. The Hall–Kier alpha value is -2.11. The summed E-state index contributed by atoms with van der Waals surface area (Å²) >= 11 is 0. The van der Waals surface area contributed by atoms with Gasteiger partial charge in [-0.15, -0.1) is 5.10 Å². The predicted molar refractivity (Wildman–Crippen MR) is 69.4 cm³/mol. The molecule has 0 radical (unpaired) electrons. The standard InChI is InChI=1S/C13H17N3O3/c1-13(2,3)10-7-9(15-19-10)8-16-12(17)6-5-11(14-16)18-4/h5-7H,8H2,1-4H3. The van der Waals surface area contributed by atoms with Gasteiger partial charge in [0.15, 0.2) is 0 Å². The molecule has 2 aromatic rings. The molecular formula is C13H17N3O3. The van der Waals surface area contributed by atoms with Gasteiger partial charge in [-0.2, -0.15) is 0 Å². The summed E-state index contributed by atoms with van der Waals surface area (Å²) in [6.45, 7) is 6.36. The highest BCUT2D eigenvalue weighted by molar-refractivity contribution is 5.14. The van der Waals surface area contributed by atoms with Gasteiger partial charge in [-0.25, -0.2) is 4.68 Å². The number of rotatable bonds is 3. The molecule has 0 bridgehead atoms. The fourth-order valence-electron chi connectivity index (χ4n) is 1.55. The van der Waals surface area contributed by atoms with Gasteiger partial charge in [0.1, 0.15) is 11.5 Å². The summed E-state index contributed by atoms with van der Waals surface area (Å²) in [5.41, 5.74) is 0.340. The van der Waals surface area contributed by atoms with Crippen molar-refractivity contribution in [3.8, 4) is 5.88 Å². The van der Waals surface area contributed by atoms with Crippen LogP contribution < -0.4 is 10.3 Å². The topological polar surface area (TPSA) is 70.2 Å². The summed E-state index contributed by atoms with van der Waals surface area (Å²) in [6, 6.07) is 4.78. The molecule has 0 aliphatic heterocycles. The number of methoxy groups -OCH3 is 1. The summed E-state index contributed by atoms with van der Waals surface area (Å²) in [6.07, 6.45) is 0. The van der Waals surface area contributed by atoms with E-state index in [-0.39, 0.29) is 17.5 Å². The third-order valence-corrected chi connectivity index (χ3v) is 2.66. The molecule has 2 aromatic heterocycles. The van der Waals surface area contributed by atoms with Gasteiger partial charge < -0.3 is 9.26 Å². The van der Waals surface area contributed by atoms with Crippen molar-refractivity contribution in [2.24, 2.45) is 0 Å². The van der Waals surface area contributed by atoms with Crippen LogP contribution in [0.4, 0.5) is 0 Å². The molecule has 0 aliphatic rings. The van der Waals surface area contributed by atoms with E-state index in [4.69, 9.17) is 9.26 Å². The van der Waals surface area contributed by atoms with Crippen LogP contribution in [0.1, 0.15) is 32.2 Å². The second kappa shape index (κ2) is 4.87. The van der Waals surface area contributed by atoms with Crippen LogP contribution >= 0.6 is 0 Å². The molecular weight excluding hydrogens is 246 g/mol. The lowest BCUT2D eigenvalue weighted by Gasteiger charge is -2.12. The van der Waals surface area contributed by atoms with Gasteiger partial charge in [-0.1, -0.05) is 25.9 Å². The van der Waals surface area contributed by atoms with Crippen molar-refractivity contribution in [2.75, 3.05) is 7.11 Å². The minimum absolute atomic E-state index is 0.113. The van der Waals surface area contributed by atoms with Gasteiger partial charge in [0, 0.05) is 23.6 Å². The molecule has 6 heteroatoms. The summed E-state index contributed by atoms with van der Waals surface area (Å²) in [5, 5.41) is 8.02. The molecule has 2 rings (SSSR count). The Labute approximate surface area is 111 Å². The van der Waals surface area contributed by atoms with E-state index in [1.807, 2.05) is 26.8 Å². The van der Waals surface area contributed by atoms with Gasteiger partial charge in [-0.3, -0.25) is 4.79 Å². The van der Waals surface area contributed by atoms with Gasteiger partial charge in [0.05, 0.1) is 13.7 Å². The van der Waals surface area contributed by atoms with Crippen molar-refractivity contribution in [3.63, 3.8) is 0 Å². The fraction of sp³-hybridized carbons (Fsp3) is 0.462. The number of aromatic nitrogens is 3. The van der Waals surface area contributed by atoms with E-state index in [2.05, 4.69) is 10.3 Å². The summed E-state index contributed by atoms with van der Waals surface area (Å²) < 4.78 is 11.6. The monoisotopic (exact) mass is 263 g/mol. The van der Waals surface area contributed by atoms with E-state index < -0.39 is 0 Å². The predicted octanol–water partition coefficient (Wildman–Crippen LogP) is 1.59. The van der Waals surface area contributed by atoms with Crippen molar-refractivity contribution in [1.29, 1.82) is 0 Å². The van der Waals surface area contributed by atoms with E-state index in [1.165, 1.54) is 23.9 Å². The Bertz CT molecular complexity index is 623. The highest BCUT2D eigenvalue weighted by atomic mass is 16.5. The summed E-state index contributed by atoms with van der Waals surface area (Å²) in [5.74, 6) is 1.16. The normalized spacial score (nSPS) is 11.6. The second-order valence-corrected chi connectivity index (χ2v) is 5.30. The average molecular weight is 263 g/mol. The lowest BCUT2D eigenvalue weighted by molar-refractivity contribution is 0.323. The Kier molecular flexibility index (Phi) is 3.42. The first kappa shape index (κ1) is 13.3. The first-order valence-electron chi connectivity index (χ1n) is 5.98. The Morgan fingerprint density at radius 1 is 1.37 bits per heavy atom. The minimum Gasteiger partial charge on any atom is -0.480 e. The number of ether oxygens (including phenoxy) is 1. The van der Waals surface area contributed by atoms with Gasteiger partial charge >= 0.3 is 0 Å². The minimum atomic E-state index is -0.207. The van der Waals surface area contributed by atoms with Crippen LogP contribution in [0.25, 0.3) is 0 Å². The van der Waals surface area contributed by atoms with Crippen LogP contribution in [0.3, 0.4) is 0 Å². The molecule has 0 unspecified atom stereocenters.